The van der Waals surface area contributed by atoms with Crippen molar-refractivity contribution in [3.63, 3.8) is 0 Å². The van der Waals surface area contributed by atoms with Gasteiger partial charge in [0.25, 0.3) is 9.05 Å². The molecule has 4 nitrogen and oxygen atoms in total. The highest BCUT2D eigenvalue weighted by molar-refractivity contribution is 8.14. The van der Waals surface area contributed by atoms with Crippen LogP contribution in [0.5, 0.6) is 0 Å². The molecule has 0 radical (unpaired) electrons. The fraction of sp³-hybridized carbons (Fsp3) is 1.00. The molecule has 6 heteroatoms. The summed E-state index contributed by atoms with van der Waals surface area (Å²) in [5, 5.41) is 2.85. The summed E-state index contributed by atoms with van der Waals surface area (Å²) in [6, 6.07) is 0. The van der Waals surface area contributed by atoms with Crippen molar-refractivity contribution in [3.8, 4) is 0 Å². The maximum absolute atomic E-state index is 10.6. The number of hydrogen-bond donors (Lipinski definition) is 1. The minimum Gasteiger partial charge on any atom is -0.358 e. The number of nitrogens with one attached hydrogen (secondary N) is 1. The lowest BCUT2D eigenvalue weighted by molar-refractivity contribution is 0.0799. The molecule has 1 saturated heterocycles. The predicted molar refractivity (Wildman–Crippen MR) is 37.4 cm³/mol. The van der Waals surface area contributed by atoms with Gasteiger partial charge in [0.2, 0.25) is 0 Å². The summed E-state index contributed by atoms with van der Waals surface area (Å²) in [5.74, 6) is 0. The molecule has 0 spiro atoms. The molecule has 10 heavy (non-hydrogen) atoms. The van der Waals surface area contributed by atoms with Gasteiger partial charge in [-0.15, -0.1) is 0 Å². The molecule has 1 atom stereocenters. The summed E-state index contributed by atoms with van der Waals surface area (Å²) in [6.07, 6.45) is 0. The van der Waals surface area contributed by atoms with Gasteiger partial charge >= 0.3 is 0 Å². The lowest BCUT2D eigenvalue weighted by Gasteiger charge is -2.20. The molecular formula is C4H8ClNO3S. The Hall–Kier alpha value is 0.160. The summed E-state index contributed by atoms with van der Waals surface area (Å²) < 4.78 is 26.0. The van der Waals surface area contributed by atoms with Gasteiger partial charge in [0.15, 0.2) is 5.44 Å². The van der Waals surface area contributed by atoms with E-state index in [0.717, 1.165) is 0 Å². The fourth-order valence-electron chi connectivity index (χ4n) is 0.722. The zero-order valence-electron chi connectivity index (χ0n) is 5.21. The van der Waals surface area contributed by atoms with Gasteiger partial charge in [-0.05, 0) is 0 Å². The number of hydrogen-bond acceptors (Lipinski definition) is 4. The van der Waals surface area contributed by atoms with Gasteiger partial charge in [-0.2, -0.15) is 0 Å². The van der Waals surface area contributed by atoms with E-state index in [9.17, 15) is 8.42 Å². The molecule has 0 aliphatic carbocycles. The second kappa shape index (κ2) is 3.04. The summed E-state index contributed by atoms with van der Waals surface area (Å²) in [7, 11) is 1.48. The van der Waals surface area contributed by atoms with E-state index >= 15 is 0 Å². The lowest BCUT2D eigenvalue weighted by Crippen LogP contribution is -2.41. The highest BCUT2D eigenvalue weighted by Crippen LogP contribution is 2.09. The minimum absolute atomic E-state index is 0.284. The van der Waals surface area contributed by atoms with E-state index in [-0.39, 0.29) is 6.54 Å². The average molecular weight is 186 g/mol. The predicted octanol–water partition coefficient (Wildman–Crippen LogP) is -0.499. The molecule has 0 saturated carbocycles. The van der Waals surface area contributed by atoms with E-state index in [4.69, 9.17) is 15.4 Å². The van der Waals surface area contributed by atoms with Crippen LogP contribution in [-0.4, -0.2) is 33.6 Å². The Morgan fingerprint density at radius 3 is 2.60 bits per heavy atom. The van der Waals surface area contributed by atoms with Crippen molar-refractivity contribution in [1.29, 1.82) is 0 Å². The van der Waals surface area contributed by atoms with Crippen molar-refractivity contribution in [2.75, 3.05) is 19.7 Å². The normalized spacial score (nSPS) is 28.3. The van der Waals surface area contributed by atoms with Crippen LogP contribution in [0.2, 0.25) is 0 Å². The Kier molecular flexibility index (Phi) is 2.51. The van der Waals surface area contributed by atoms with E-state index < -0.39 is 14.5 Å². The summed E-state index contributed by atoms with van der Waals surface area (Å²) in [5.41, 5.74) is -0.872. The van der Waals surface area contributed by atoms with Crippen LogP contribution in [0.25, 0.3) is 0 Å². The largest absolute Gasteiger partial charge is 0.358 e. The molecule has 0 aromatic heterocycles. The molecule has 1 N–H and O–H groups in total. The topological polar surface area (TPSA) is 55.4 Å². The zero-order valence-corrected chi connectivity index (χ0v) is 6.78. The van der Waals surface area contributed by atoms with Gasteiger partial charge < -0.3 is 10.1 Å². The van der Waals surface area contributed by atoms with E-state index in [0.29, 0.717) is 13.2 Å². The van der Waals surface area contributed by atoms with Crippen molar-refractivity contribution in [1.82, 2.24) is 5.32 Å². The second-order valence-electron chi connectivity index (χ2n) is 1.98. The van der Waals surface area contributed by atoms with Crippen molar-refractivity contribution < 1.29 is 13.2 Å². The Labute approximate surface area is 63.9 Å². The van der Waals surface area contributed by atoms with Gasteiger partial charge in [-0.1, -0.05) is 0 Å². The standard InChI is InChI=1S/C4H8ClNO3S/c5-10(7,8)4-3-6-1-2-9-4/h4,6H,1-3H2. The quantitative estimate of drug-likeness (QED) is 0.560. The van der Waals surface area contributed by atoms with Crippen molar-refractivity contribution in [2.24, 2.45) is 0 Å². The van der Waals surface area contributed by atoms with Gasteiger partial charge in [-0.3, -0.25) is 0 Å². The van der Waals surface area contributed by atoms with Crippen LogP contribution in [0, 0.1) is 0 Å². The molecule has 0 bridgehead atoms. The first-order chi connectivity index (χ1) is 4.61. The molecule has 1 fully saturated rings. The molecule has 60 valence electrons. The molecule has 1 aliphatic rings. The van der Waals surface area contributed by atoms with Crippen molar-refractivity contribution >= 4 is 19.7 Å². The summed E-state index contributed by atoms with van der Waals surface area (Å²) in [4.78, 5) is 0. The Balaban J connectivity index is 2.56. The lowest BCUT2D eigenvalue weighted by atomic mass is 10.5. The third-order valence-corrected chi connectivity index (χ3v) is 2.73. The second-order valence-corrected chi connectivity index (χ2v) is 4.75. The van der Waals surface area contributed by atoms with E-state index in [2.05, 4.69) is 5.32 Å². The maximum atomic E-state index is 10.6. The van der Waals surface area contributed by atoms with Crippen LogP contribution in [0.4, 0.5) is 0 Å². The highest BCUT2D eigenvalue weighted by atomic mass is 35.7. The summed E-state index contributed by atoms with van der Waals surface area (Å²) >= 11 is 0. The van der Waals surface area contributed by atoms with Gasteiger partial charge in [0.05, 0.1) is 6.61 Å². The number of halogens is 1. The molecule has 1 unspecified atom stereocenters. The van der Waals surface area contributed by atoms with E-state index in [1.807, 2.05) is 0 Å². The third kappa shape index (κ3) is 2.09. The molecule has 0 aromatic rings. The number of rotatable bonds is 1. The van der Waals surface area contributed by atoms with Crippen LogP contribution in [-0.2, 0) is 13.8 Å². The monoisotopic (exact) mass is 185 g/mol. The van der Waals surface area contributed by atoms with E-state index in [1.54, 1.807) is 0 Å². The van der Waals surface area contributed by atoms with Crippen LogP contribution in [0.15, 0.2) is 0 Å². The smallest absolute Gasteiger partial charge is 0.260 e. The van der Waals surface area contributed by atoms with Crippen LogP contribution >= 0.6 is 10.7 Å². The first-order valence-electron chi connectivity index (χ1n) is 2.86. The summed E-state index contributed by atoms with van der Waals surface area (Å²) in [6.45, 7) is 1.37. The number of ether oxygens (including phenoxy) is 1. The van der Waals surface area contributed by atoms with Gasteiger partial charge in [0, 0.05) is 23.8 Å². The Morgan fingerprint density at radius 2 is 2.30 bits per heavy atom. The molecule has 1 rings (SSSR count). The van der Waals surface area contributed by atoms with Gasteiger partial charge in [0.1, 0.15) is 0 Å². The minimum atomic E-state index is -3.54. The number of morpholine rings is 1. The van der Waals surface area contributed by atoms with Crippen LogP contribution < -0.4 is 5.32 Å². The third-order valence-electron chi connectivity index (χ3n) is 1.21. The maximum Gasteiger partial charge on any atom is 0.260 e. The first-order valence-corrected chi connectivity index (χ1v) is 5.24. The zero-order chi connectivity index (χ0) is 7.61. The molecular weight excluding hydrogens is 178 g/mol. The SMILES string of the molecule is O=S(=O)(Cl)C1CNCCO1. The fourth-order valence-corrected chi connectivity index (χ4v) is 1.64. The van der Waals surface area contributed by atoms with Crippen LogP contribution in [0.1, 0.15) is 0 Å². The Bertz CT molecular complexity index is 197. The van der Waals surface area contributed by atoms with Crippen molar-refractivity contribution in [3.05, 3.63) is 0 Å². The first kappa shape index (κ1) is 8.26. The molecule has 1 heterocycles. The van der Waals surface area contributed by atoms with Crippen molar-refractivity contribution in [2.45, 2.75) is 5.44 Å². The van der Waals surface area contributed by atoms with Crippen LogP contribution in [0.3, 0.4) is 0 Å². The van der Waals surface area contributed by atoms with E-state index in [1.165, 1.54) is 0 Å². The molecule has 1 aliphatic heterocycles. The average Bonchev–Trinajstić information content (AvgIpc) is 1.88. The molecule has 0 aromatic carbocycles. The van der Waals surface area contributed by atoms with Gasteiger partial charge in [-0.25, -0.2) is 8.42 Å². The molecule has 0 amide bonds. The Morgan fingerprint density at radius 1 is 1.60 bits per heavy atom. The highest BCUT2D eigenvalue weighted by Gasteiger charge is 2.25.